The Balaban J connectivity index is 1.48. The predicted octanol–water partition coefficient (Wildman–Crippen LogP) is 4.24. The summed E-state index contributed by atoms with van der Waals surface area (Å²) in [5.74, 6) is 10.7. The highest BCUT2D eigenvalue weighted by atomic mass is 16.5. The Morgan fingerprint density at radius 1 is 0.808 bits per heavy atom. The van der Waals surface area contributed by atoms with Gasteiger partial charge in [0.15, 0.2) is 0 Å². The molecule has 0 N–H and O–H groups in total. The number of ether oxygens (including phenoxy) is 1. The fraction of sp³-hybridized carbons (Fsp3) is 0.958. The molecule has 0 spiro atoms. The second kappa shape index (κ2) is 3.57. The van der Waals surface area contributed by atoms with Gasteiger partial charge in [-0.1, -0.05) is 13.8 Å². The quantitative estimate of drug-likeness (QED) is 0.660. The normalized spacial score (nSPS) is 77.2. The molecule has 0 saturated heterocycles. The molecule has 0 unspecified atom stereocenters. The van der Waals surface area contributed by atoms with Crippen LogP contribution in [0.4, 0.5) is 0 Å². The highest BCUT2D eigenvalue weighted by Gasteiger charge is 2.92. The molecule has 0 heterocycles. The van der Waals surface area contributed by atoms with E-state index in [4.69, 9.17) is 4.74 Å². The minimum Gasteiger partial charge on any atom is -0.469 e. The number of carbonyl (C=O) groups is 1. The fourth-order valence-corrected chi connectivity index (χ4v) is 14.0. The van der Waals surface area contributed by atoms with Crippen molar-refractivity contribution in [2.45, 2.75) is 46.5 Å². The van der Waals surface area contributed by atoms with E-state index in [2.05, 4.69) is 20.8 Å². The van der Waals surface area contributed by atoms with Gasteiger partial charge in [0, 0.05) is 0 Å². The summed E-state index contributed by atoms with van der Waals surface area (Å²) in [5.41, 5.74) is 1.04. The first-order valence-corrected chi connectivity index (χ1v) is 11.5. The van der Waals surface area contributed by atoms with Gasteiger partial charge < -0.3 is 4.74 Å². The maximum Gasteiger partial charge on any atom is 0.312 e. The van der Waals surface area contributed by atoms with E-state index in [-0.39, 0.29) is 11.4 Å². The Kier molecular flexibility index (Phi) is 1.98. The standard InChI is InChI=1S/C24H32O2/c1-22-8-7-11-16-14-13-15(24(16,3)21(25)26-4)9-5-6-10-12(9)18(13)23(2,20(10)22)19(14)17(11)22/h9-20H,5-8H2,1-4H3/t9-,10-,11-,12-,13-,14+,15-,16-,17+,18-,19-,20-,22+,23+,24+/m1/s1. The van der Waals surface area contributed by atoms with E-state index in [1.54, 1.807) is 7.11 Å². The number of hydrogen-bond acceptors (Lipinski definition) is 2. The van der Waals surface area contributed by atoms with Crippen LogP contribution in [0.15, 0.2) is 0 Å². The molecule has 0 aliphatic heterocycles. The van der Waals surface area contributed by atoms with E-state index in [1.807, 2.05) is 0 Å². The summed E-state index contributed by atoms with van der Waals surface area (Å²) in [7, 11) is 1.66. The van der Waals surface area contributed by atoms with Crippen LogP contribution in [0.2, 0.25) is 0 Å². The van der Waals surface area contributed by atoms with Crippen molar-refractivity contribution in [1.82, 2.24) is 0 Å². The Bertz CT molecular complexity index is 789. The van der Waals surface area contributed by atoms with Crippen molar-refractivity contribution >= 4 is 5.97 Å². The zero-order chi connectivity index (χ0) is 17.5. The molecule has 0 amide bonds. The van der Waals surface area contributed by atoms with E-state index < -0.39 is 0 Å². The minimum absolute atomic E-state index is 0.164. The van der Waals surface area contributed by atoms with Gasteiger partial charge in [0.25, 0.3) is 0 Å². The van der Waals surface area contributed by atoms with Gasteiger partial charge in [0.05, 0.1) is 12.5 Å². The summed E-state index contributed by atoms with van der Waals surface area (Å²) in [5, 5.41) is 0. The van der Waals surface area contributed by atoms with Gasteiger partial charge >= 0.3 is 5.97 Å². The van der Waals surface area contributed by atoms with Crippen LogP contribution in [-0.2, 0) is 9.53 Å². The third-order valence-corrected chi connectivity index (χ3v) is 13.1. The summed E-state index contributed by atoms with van der Waals surface area (Å²) in [4.78, 5) is 13.4. The third-order valence-electron chi connectivity index (χ3n) is 13.1. The first-order valence-electron chi connectivity index (χ1n) is 11.5. The molecule has 2 heteroatoms. The molecule has 8 fully saturated rings. The molecule has 8 saturated carbocycles. The van der Waals surface area contributed by atoms with Crippen LogP contribution in [0.3, 0.4) is 0 Å². The van der Waals surface area contributed by atoms with E-state index in [0.29, 0.717) is 22.7 Å². The highest BCUT2D eigenvalue weighted by molar-refractivity contribution is 5.79. The molecule has 0 bridgehead atoms. The highest BCUT2D eigenvalue weighted by Crippen LogP contribution is 2.95. The summed E-state index contributed by atoms with van der Waals surface area (Å²) in [6, 6.07) is 0. The summed E-state index contributed by atoms with van der Waals surface area (Å²) in [6.07, 6.45) is 5.75. The lowest BCUT2D eigenvalue weighted by Crippen LogP contribution is -2.45. The summed E-state index contributed by atoms with van der Waals surface area (Å²) in [6.45, 7) is 7.86. The second-order valence-corrected chi connectivity index (χ2v) is 12.6. The van der Waals surface area contributed by atoms with Crippen molar-refractivity contribution in [2.75, 3.05) is 7.11 Å². The molecule has 0 aromatic heterocycles. The second-order valence-electron chi connectivity index (χ2n) is 12.6. The van der Waals surface area contributed by atoms with Crippen LogP contribution >= 0.6 is 0 Å². The molecule has 8 aliphatic carbocycles. The van der Waals surface area contributed by atoms with Crippen LogP contribution in [0.25, 0.3) is 0 Å². The molecule has 15 atom stereocenters. The van der Waals surface area contributed by atoms with Crippen molar-refractivity contribution in [1.29, 1.82) is 0 Å². The van der Waals surface area contributed by atoms with Crippen LogP contribution in [0.5, 0.6) is 0 Å². The first-order chi connectivity index (χ1) is 12.4. The molecule has 8 aliphatic rings. The molecule has 2 nitrogen and oxygen atoms in total. The van der Waals surface area contributed by atoms with Gasteiger partial charge in [-0.25, -0.2) is 0 Å². The van der Waals surface area contributed by atoms with Gasteiger partial charge in [0.1, 0.15) is 0 Å². The van der Waals surface area contributed by atoms with Gasteiger partial charge in [-0.15, -0.1) is 0 Å². The number of hydrogen-bond donors (Lipinski definition) is 0. The van der Waals surface area contributed by atoms with Gasteiger partial charge in [-0.2, -0.15) is 0 Å². The van der Waals surface area contributed by atoms with Gasteiger partial charge in [-0.3, -0.25) is 4.79 Å². The van der Waals surface area contributed by atoms with Crippen LogP contribution in [-0.4, -0.2) is 13.1 Å². The largest absolute Gasteiger partial charge is 0.469 e. The van der Waals surface area contributed by atoms with E-state index in [0.717, 1.165) is 59.2 Å². The molecular weight excluding hydrogens is 320 g/mol. The molecule has 8 rings (SSSR count). The lowest BCUT2D eigenvalue weighted by molar-refractivity contribution is -0.160. The predicted molar refractivity (Wildman–Crippen MR) is 96.7 cm³/mol. The fourth-order valence-electron chi connectivity index (χ4n) is 14.0. The van der Waals surface area contributed by atoms with Crippen molar-refractivity contribution in [3.63, 3.8) is 0 Å². The Morgan fingerprint density at radius 2 is 1.50 bits per heavy atom. The average molecular weight is 353 g/mol. The van der Waals surface area contributed by atoms with Crippen LogP contribution in [0, 0.1) is 87.3 Å². The van der Waals surface area contributed by atoms with Crippen molar-refractivity contribution in [3.8, 4) is 0 Å². The summed E-state index contributed by atoms with van der Waals surface area (Å²) >= 11 is 0. The minimum atomic E-state index is -0.176. The molecule has 0 aromatic carbocycles. The maximum absolute atomic E-state index is 13.4. The lowest BCUT2D eigenvalue weighted by Gasteiger charge is -2.43. The monoisotopic (exact) mass is 352 g/mol. The lowest BCUT2D eigenvalue weighted by atomic mass is 9.61. The number of rotatable bonds is 1. The van der Waals surface area contributed by atoms with E-state index in [9.17, 15) is 4.79 Å². The van der Waals surface area contributed by atoms with Crippen molar-refractivity contribution in [3.05, 3.63) is 0 Å². The zero-order valence-electron chi connectivity index (χ0n) is 16.6. The average Bonchev–Trinajstić information content (AvgIpc) is 3.36. The maximum atomic E-state index is 13.4. The number of methoxy groups -OCH3 is 1. The Hall–Kier alpha value is -0.530. The topological polar surface area (TPSA) is 26.3 Å². The molecule has 26 heavy (non-hydrogen) atoms. The van der Waals surface area contributed by atoms with E-state index >= 15 is 0 Å². The van der Waals surface area contributed by atoms with Gasteiger partial charge in [-0.05, 0) is 114 Å². The van der Waals surface area contributed by atoms with Gasteiger partial charge in [0.2, 0.25) is 0 Å². The van der Waals surface area contributed by atoms with Crippen LogP contribution in [0.1, 0.15) is 46.5 Å². The van der Waals surface area contributed by atoms with Crippen LogP contribution < -0.4 is 0 Å². The van der Waals surface area contributed by atoms with E-state index in [1.165, 1.54) is 25.7 Å². The molecule has 140 valence electrons. The Morgan fingerprint density at radius 3 is 2.27 bits per heavy atom. The SMILES string of the molecule is COC(=O)[C@@]1(C)[C@@H]2[C@@H]3CC[C@@H]4[C@@H]3[C@@H]3[C@@H]2[C@H]2[C@H]1[C@H]1CC[C@@]5(C)[C@@H]1[C@@H]2[C@@]3(C)[C@H]45. The van der Waals surface area contributed by atoms with Crippen molar-refractivity contribution in [2.24, 2.45) is 87.3 Å². The zero-order valence-corrected chi connectivity index (χ0v) is 16.6. The number of esters is 1. The first kappa shape index (κ1) is 14.5. The summed E-state index contributed by atoms with van der Waals surface area (Å²) < 4.78 is 5.56. The molecule has 0 radical (unpaired) electrons. The molecular formula is C24H32O2. The third kappa shape index (κ3) is 0.937. The smallest absolute Gasteiger partial charge is 0.312 e. The van der Waals surface area contributed by atoms with Crippen molar-refractivity contribution < 1.29 is 9.53 Å². The molecule has 0 aromatic rings. The Labute approximate surface area is 156 Å². The number of fused-ring (bicyclic) bond motifs is 4. The number of carbonyl (C=O) groups excluding carboxylic acids is 1.